The quantitative estimate of drug-likeness (QED) is 0.649. The van der Waals surface area contributed by atoms with Crippen molar-refractivity contribution in [1.82, 2.24) is 10.2 Å². The molecule has 8 nitrogen and oxygen atoms in total. The van der Waals surface area contributed by atoms with E-state index >= 15 is 0 Å². The Hall–Kier alpha value is -3.39. The molecule has 2 aliphatic rings. The Morgan fingerprint density at radius 1 is 1.12 bits per heavy atom. The van der Waals surface area contributed by atoms with Gasteiger partial charge in [-0.1, -0.05) is 48.5 Å². The summed E-state index contributed by atoms with van der Waals surface area (Å²) in [4.78, 5) is 38.6. The van der Waals surface area contributed by atoms with Crippen molar-refractivity contribution in [3.05, 3.63) is 59.7 Å². The van der Waals surface area contributed by atoms with Gasteiger partial charge in [0.05, 0.1) is 24.7 Å². The maximum atomic E-state index is 13.3. The molecule has 34 heavy (non-hydrogen) atoms. The van der Waals surface area contributed by atoms with E-state index in [1.807, 2.05) is 36.4 Å². The lowest BCUT2D eigenvalue weighted by atomic mass is 9.83. The van der Waals surface area contributed by atoms with Crippen molar-refractivity contribution in [2.45, 2.75) is 38.8 Å². The van der Waals surface area contributed by atoms with Crippen LogP contribution in [0.2, 0.25) is 0 Å². The minimum atomic E-state index is -1.09. The summed E-state index contributed by atoms with van der Waals surface area (Å²) in [6.07, 6.45) is -0.634. The van der Waals surface area contributed by atoms with Crippen molar-refractivity contribution in [2.24, 2.45) is 5.41 Å². The zero-order valence-electron chi connectivity index (χ0n) is 19.6. The average molecular weight is 467 g/mol. The molecule has 2 N–H and O–H groups in total. The minimum Gasteiger partial charge on any atom is -0.480 e. The largest absolute Gasteiger partial charge is 0.480 e. The van der Waals surface area contributed by atoms with E-state index in [-0.39, 0.29) is 37.7 Å². The fourth-order valence-electron chi connectivity index (χ4n) is 4.83. The smallest absolute Gasteiger partial charge is 0.407 e. The molecule has 1 aliphatic heterocycles. The molecule has 2 aromatic carbocycles. The summed E-state index contributed by atoms with van der Waals surface area (Å²) in [6.45, 7) is 5.18. The van der Waals surface area contributed by atoms with Crippen molar-refractivity contribution < 1.29 is 29.0 Å². The van der Waals surface area contributed by atoms with Crippen LogP contribution in [0.3, 0.4) is 0 Å². The van der Waals surface area contributed by atoms with Crippen LogP contribution in [-0.2, 0) is 19.1 Å². The van der Waals surface area contributed by atoms with Crippen molar-refractivity contribution in [3.8, 4) is 11.1 Å². The minimum absolute atomic E-state index is 0.0713. The van der Waals surface area contributed by atoms with Crippen LogP contribution in [-0.4, -0.2) is 66.4 Å². The van der Waals surface area contributed by atoms with E-state index in [1.165, 1.54) is 4.90 Å². The maximum Gasteiger partial charge on any atom is 0.407 e. The van der Waals surface area contributed by atoms with Crippen LogP contribution in [0.4, 0.5) is 4.79 Å². The van der Waals surface area contributed by atoms with Gasteiger partial charge >= 0.3 is 12.1 Å². The number of nitrogens with zero attached hydrogens (tertiary/aromatic N) is 1. The molecule has 0 aromatic heterocycles. The van der Waals surface area contributed by atoms with E-state index in [4.69, 9.17) is 9.47 Å². The highest BCUT2D eigenvalue weighted by molar-refractivity contribution is 5.87. The summed E-state index contributed by atoms with van der Waals surface area (Å²) < 4.78 is 11.2. The number of amides is 2. The molecular formula is C26H30N2O6. The van der Waals surface area contributed by atoms with Gasteiger partial charge in [-0.25, -0.2) is 4.79 Å². The van der Waals surface area contributed by atoms with Gasteiger partial charge in [-0.2, -0.15) is 0 Å². The summed E-state index contributed by atoms with van der Waals surface area (Å²) in [6, 6.07) is 15.2. The molecule has 2 amide bonds. The number of alkyl carbamates (subject to hydrolysis) is 1. The molecule has 2 atom stereocenters. The summed E-state index contributed by atoms with van der Waals surface area (Å²) in [7, 11) is 0. The van der Waals surface area contributed by atoms with Gasteiger partial charge in [0.2, 0.25) is 5.91 Å². The molecule has 0 bridgehead atoms. The average Bonchev–Trinajstić information content (AvgIpc) is 3.34. The number of hydrogen-bond acceptors (Lipinski definition) is 5. The van der Waals surface area contributed by atoms with E-state index in [1.54, 1.807) is 20.8 Å². The van der Waals surface area contributed by atoms with Crippen molar-refractivity contribution in [1.29, 1.82) is 0 Å². The molecule has 8 heteroatoms. The van der Waals surface area contributed by atoms with Crippen LogP contribution in [0.5, 0.6) is 0 Å². The fraction of sp³-hybridized carbons (Fsp3) is 0.423. The molecule has 0 saturated carbocycles. The fourth-order valence-corrected chi connectivity index (χ4v) is 4.83. The Morgan fingerprint density at radius 2 is 1.71 bits per heavy atom. The lowest BCUT2D eigenvalue weighted by Crippen LogP contribution is -2.56. The van der Waals surface area contributed by atoms with Gasteiger partial charge in [-0.3, -0.25) is 9.59 Å². The maximum absolute atomic E-state index is 13.3. The summed E-state index contributed by atoms with van der Waals surface area (Å²) >= 11 is 0. The highest BCUT2D eigenvalue weighted by Crippen LogP contribution is 2.44. The van der Waals surface area contributed by atoms with Crippen molar-refractivity contribution in [3.63, 3.8) is 0 Å². The number of aliphatic carboxylic acids is 1. The number of carboxylic acids is 1. The number of carbonyl (C=O) groups excluding carboxylic acids is 2. The summed E-state index contributed by atoms with van der Waals surface area (Å²) in [5, 5.41) is 12.0. The van der Waals surface area contributed by atoms with Crippen LogP contribution in [0.15, 0.2) is 48.5 Å². The number of benzene rings is 2. The lowest BCUT2D eigenvalue weighted by Gasteiger charge is -2.36. The van der Waals surface area contributed by atoms with E-state index < -0.39 is 30.1 Å². The Labute approximate surface area is 198 Å². The second-order valence-electron chi connectivity index (χ2n) is 9.38. The highest BCUT2D eigenvalue weighted by Gasteiger charge is 2.49. The first-order valence-corrected chi connectivity index (χ1v) is 11.4. The Morgan fingerprint density at radius 3 is 2.26 bits per heavy atom. The topological polar surface area (TPSA) is 105 Å². The van der Waals surface area contributed by atoms with E-state index in [9.17, 15) is 19.5 Å². The van der Waals surface area contributed by atoms with Gasteiger partial charge in [0.25, 0.3) is 0 Å². The Kier molecular flexibility index (Phi) is 6.61. The van der Waals surface area contributed by atoms with E-state index in [0.29, 0.717) is 0 Å². The molecule has 1 heterocycles. The molecule has 4 rings (SSSR count). The number of fused-ring (bicyclic) bond motifs is 3. The number of carboxylic acid groups (broad SMARTS) is 1. The van der Waals surface area contributed by atoms with Gasteiger partial charge in [0, 0.05) is 12.0 Å². The molecular weight excluding hydrogens is 436 g/mol. The first-order chi connectivity index (χ1) is 16.2. The third-order valence-electron chi connectivity index (χ3n) is 6.77. The van der Waals surface area contributed by atoms with Gasteiger partial charge in [-0.05, 0) is 43.0 Å². The predicted molar refractivity (Wildman–Crippen MR) is 125 cm³/mol. The number of nitrogens with one attached hydrogen (secondary N) is 1. The zero-order chi connectivity index (χ0) is 24.5. The third-order valence-corrected chi connectivity index (χ3v) is 6.77. The second-order valence-corrected chi connectivity index (χ2v) is 9.38. The molecule has 1 aliphatic carbocycles. The Balaban J connectivity index is 1.44. The van der Waals surface area contributed by atoms with Crippen LogP contribution < -0.4 is 5.32 Å². The number of ether oxygens (including phenoxy) is 2. The standard InChI is InChI=1S/C26H30N2O6/c1-16(2)28(12-23(29)30)24(31)26(3)15-33-14-22(26)27-25(32)34-13-21-19-10-6-4-8-17(19)18-9-5-7-11-20(18)21/h4-11,16,21-22H,12-15H2,1-3H3,(H,27,32)(H,29,30). The molecule has 1 saturated heterocycles. The number of rotatable bonds is 7. The van der Waals surface area contributed by atoms with Crippen molar-refractivity contribution >= 4 is 18.0 Å². The van der Waals surface area contributed by atoms with Crippen molar-refractivity contribution in [2.75, 3.05) is 26.4 Å². The highest BCUT2D eigenvalue weighted by atomic mass is 16.5. The van der Waals surface area contributed by atoms with Gasteiger partial charge in [0.15, 0.2) is 0 Å². The summed E-state index contributed by atoms with van der Waals surface area (Å²) in [5.41, 5.74) is 3.41. The normalized spacial score (nSPS) is 21.1. The van der Waals surface area contributed by atoms with Crippen LogP contribution in [0.1, 0.15) is 37.8 Å². The molecule has 0 spiro atoms. The molecule has 2 unspecified atom stereocenters. The molecule has 2 aromatic rings. The van der Waals surface area contributed by atoms with Gasteiger partial charge < -0.3 is 24.8 Å². The Bertz CT molecular complexity index is 1050. The van der Waals surface area contributed by atoms with Crippen LogP contribution in [0, 0.1) is 5.41 Å². The second kappa shape index (κ2) is 9.46. The monoisotopic (exact) mass is 466 g/mol. The third kappa shape index (κ3) is 4.37. The van der Waals surface area contributed by atoms with Crippen LogP contribution >= 0.6 is 0 Å². The molecule has 180 valence electrons. The molecule has 0 radical (unpaired) electrons. The van der Waals surface area contributed by atoms with Crippen LogP contribution in [0.25, 0.3) is 11.1 Å². The molecule has 1 fully saturated rings. The van der Waals surface area contributed by atoms with Gasteiger partial charge in [0.1, 0.15) is 13.2 Å². The van der Waals surface area contributed by atoms with E-state index in [0.717, 1.165) is 22.3 Å². The zero-order valence-corrected chi connectivity index (χ0v) is 19.6. The number of hydrogen-bond donors (Lipinski definition) is 2. The van der Waals surface area contributed by atoms with Gasteiger partial charge in [-0.15, -0.1) is 0 Å². The van der Waals surface area contributed by atoms with E-state index in [2.05, 4.69) is 17.4 Å². The summed E-state index contributed by atoms with van der Waals surface area (Å²) in [5.74, 6) is -1.53. The first-order valence-electron chi connectivity index (χ1n) is 11.4. The first kappa shape index (κ1) is 23.8. The lowest BCUT2D eigenvalue weighted by molar-refractivity contribution is -0.151. The number of carbonyl (C=O) groups is 3. The SMILES string of the molecule is CC(C)N(CC(=O)O)C(=O)C1(C)COCC1NC(=O)OCC1c2ccccc2-c2ccccc21. The predicted octanol–water partition coefficient (Wildman–Crippen LogP) is 3.25.